The first kappa shape index (κ1) is 19.2. The first-order valence-corrected chi connectivity index (χ1v) is 11.0. The van der Waals surface area contributed by atoms with Gasteiger partial charge in [0.2, 0.25) is 5.91 Å². The predicted molar refractivity (Wildman–Crippen MR) is 94.6 cm³/mol. The van der Waals surface area contributed by atoms with E-state index in [9.17, 15) is 13.2 Å². The van der Waals surface area contributed by atoms with Crippen molar-refractivity contribution >= 4 is 27.5 Å². The molecule has 0 aliphatic carbocycles. The first-order chi connectivity index (χ1) is 11.2. The standard InChI is InChI=1S/C15H26N4O3S2/c1-10(2)11(3)16-14(20)8-23-15-18-17-13(19(15)4)7-12-5-6-24(21,22)9-12/h10-12H,5-9H2,1-4H3,(H,16,20)/t11-,12+/m1/s1. The third-order valence-electron chi connectivity index (χ3n) is 4.44. The second-order valence-electron chi connectivity index (χ2n) is 6.82. The summed E-state index contributed by atoms with van der Waals surface area (Å²) in [4.78, 5) is 11.9. The van der Waals surface area contributed by atoms with Crippen molar-refractivity contribution in [2.24, 2.45) is 18.9 Å². The van der Waals surface area contributed by atoms with Gasteiger partial charge in [-0.05, 0) is 25.2 Å². The van der Waals surface area contributed by atoms with Gasteiger partial charge in [0.25, 0.3) is 0 Å². The van der Waals surface area contributed by atoms with E-state index < -0.39 is 9.84 Å². The monoisotopic (exact) mass is 374 g/mol. The number of hydrogen-bond acceptors (Lipinski definition) is 6. The van der Waals surface area contributed by atoms with Gasteiger partial charge >= 0.3 is 0 Å². The Morgan fingerprint density at radius 1 is 1.38 bits per heavy atom. The topological polar surface area (TPSA) is 94.0 Å². The average molecular weight is 375 g/mol. The molecule has 1 aliphatic heterocycles. The molecule has 0 bridgehead atoms. The van der Waals surface area contributed by atoms with Gasteiger partial charge in [0.1, 0.15) is 5.82 Å². The molecule has 7 nitrogen and oxygen atoms in total. The molecule has 0 saturated carbocycles. The van der Waals surface area contributed by atoms with Crippen LogP contribution >= 0.6 is 11.8 Å². The highest BCUT2D eigenvalue weighted by molar-refractivity contribution is 7.99. The molecule has 1 N–H and O–H groups in total. The van der Waals surface area contributed by atoms with Crippen molar-refractivity contribution in [1.82, 2.24) is 20.1 Å². The van der Waals surface area contributed by atoms with Crippen LogP contribution < -0.4 is 5.32 Å². The number of nitrogens with one attached hydrogen (secondary N) is 1. The summed E-state index contributed by atoms with van der Waals surface area (Å²) in [7, 11) is -1.02. The van der Waals surface area contributed by atoms with E-state index in [1.165, 1.54) is 11.8 Å². The van der Waals surface area contributed by atoms with Crippen LogP contribution in [-0.4, -0.2) is 52.4 Å². The largest absolute Gasteiger partial charge is 0.353 e. The van der Waals surface area contributed by atoms with Crippen LogP contribution in [0.3, 0.4) is 0 Å². The number of rotatable bonds is 7. The molecule has 2 heterocycles. The highest BCUT2D eigenvalue weighted by atomic mass is 32.2. The molecule has 2 rings (SSSR count). The minimum absolute atomic E-state index is 0.0207. The zero-order chi connectivity index (χ0) is 17.9. The third kappa shape index (κ3) is 5.20. The van der Waals surface area contributed by atoms with Crippen LogP contribution in [0, 0.1) is 11.8 Å². The van der Waals surface area contributed by atoms with Gasteiger partial charge in [-0.15, -0.1) is 10.2 Å². The highest BCUT2D eigenvalue weighted by Gasteiger charge is 2.29. The van der Waals surface area contributed by atoms with E-state index in [0.29, 0.717) is 29.7 Å². The second kappa shape index (κ2) is 7.86. The molecule has 2 atom stereocenters. The van der Waals surface area contributed by atoms with Gasteiger partial charge in [0, 0.05) is 19.5 Å². The highest BCUT2D eigenvalue weighted by Crippen LogP contribution is 2.23. The van der Waals surface area contributed by atoms with Gasteiger partial charge in [-0.1, -0.05) is 25.6 Å². The van der Waals surface area contributed by atoms with Crippen molar-refractivity contribution in [3.8, 4) is 0 Å². The molecule has 9 heteroatoms. The summed E-state index contributed by atoms with van der Waals surface area (Å²) < 4.78 is 24.9. The molecular formula is C15H26N4O3S2. The van der Waals surface area contributed by atoms with E-state index in [-0.39, 0.29) is 29.4 Å². The Kier molecular flexibility index (Phi) is 6.30. The lowest BCUT2D eigenvalue weighted by atomic mass is 10.1. The Bertz CT molecular complexity index is 685. The fourth-order valence-electron chi connectivity index (χ4n) is 2.53. The van der Waals surface area contributed by atoms with Crippen molar-refractivity contribution in [3.05, 3.63) is 5.82 Å². The summed E-state index contributed by atoms with van der Waals surface area (Å²) in [6.45, 7) is 6.12. The van der Waals surface area contributed by atoms with E-state index >= 15 is 0 Å². The Labute approximate surface area is 147 Å². The van der Waals surface area contributed by atoms with Gasteiger partial charge in [0.15, 0.2) is 15.0 Å². The maximum Gasteiger partial charge on any atom is 0.230 e. The Morgan fingerprint density at radius 3 is 2.67 bits per heavy atom. The van der Waals surface area contributed by atoms with Crippen LogP contribution in [-0.2, 0) is 28.1 Å². The number of nitrogens with zero attached hydrogens (tertiary/aromatic N) is 3. The maximum atomic E-state index is 11.9. The van der Waals surface area contributed by atoms with Gasteiger partial charge in [-0.2, -0.15) is 0 Å². The van der Waals surface area contributed by atoms with E-state index in [1.807, 2.05) is 18.5 Å². The number of carbonyl (C=O) groups is 1. The molecule has 0 spiro atoms. The lowest BCUT2D eigenvalue weighted by molar-refractivity contribution is -0.119. The number of amides is 1. The predicted octanol–water partition coefficient (Wildman–Crippen LogP) is 1.05. The van der Waals surface area contributed by atoms with Crippen molar-refractivity contribution in [2.75, 3.05) is 17.3 Å². The third-order valence-corrected chi connectivity index (χ3v) is 7.30. The van der Waals surface area contributed by atoms with E-state index in [4.69, 9.17) is 0 Å². The van der Waals surface area contributed by atoms with Crippen molar-refractivity contribution in [1.29, 1.82) is 0 Å². The van der Waals surface area contributed by atoms with Gasteiger partial charge in [-0.3, -0.25) is 4.79 Å². The number of hydrogen-bond donors (Lipinski definition) is 1. The van der Waals surface area contributed by atoms with Gasteiger partial charge < -0.3 is 9.88 Å². The Hall–Kier alpha value is -1.09. The molecule has 24 heavy (non-hydrogen) atoms. The Morgan fingerprint density at radius 2 is 2.08 bits per heavy atom. The van der Waals surface area contributed by atoms with E-state index in [1.54, 1.807) is 0 Å². The minimum Gasteiger partial charge on any atom is -0.353 e. The zero-order valence-electron chi connectivity index (χ0n) is 14.7. The molecular weight excluding hydrogens is 348 g/mol. The molecule has 0 radical (unpaired) electrons. The van der Waals surface area contributed by atoms with Crippen LogP contribution in [0.25, 0.3) is 0 Å². The van der Waals surface area contributed by atoms with Crippen molar-refractivity contribution in [3.63, 3.8) is 0 Å². The van der Waals surface area contributed by atoms with E-state index in [0.717, 1.165) is 5.82 Å². The zero-order valence-corrected chi connectivity index (χ0v) is 16.3. The summed E-state index contributed by atoms with van der Waals surface area (Å²) in [5.74, 6) is 2.06. The van der Waals surface area contributed by atoms with E-state index in [2.05, 4.69) is 29.4 Å². The summed E-state index contributed by atoms with van der Waals surface area (Å²) in [5.41, 5.74) is 0. The molecule has 1 aromatic rings. The molecule has 1 amide bonds. The molecule has 1 aromatic heterocycles. The van der Waals surface area contributed by atoms with Crippen LogP contribution in [0.5, 0.6) is 0 Å². The quantitative estimate of drug-likeness (QED) is 0.717. The lowest BCUT2D eigenvalue weighted by Crippen LogP contribution is -2.37. The molecule has 1 aliphatic rings. The van der Waals surface area contributed by atoms with Crippen LogP contribution in [0.1, 0.15) is 33.0 Å². The van der Waals surface area contributed by atoms with Crippen LogP contribution in [0.15, 0.2) is 5.16 Å². The summed E-state index contributed by atoms with van der Waals surface area (Å²) >= 11 is 1.35. The number of aromatic nitrogens is 3. The Balaban J connectivity index is 1.87. The van der Waals surface area contributed by atoms with Crippen molar-refractivity contribution < 1.29 is 13.2 Å². The number of carbonyl (C=O) groups excluding carboxylic acids is 1. The summed E-state index contributed by atoms with van der Waals surface area (Å²) in [6.07, 6.45) is 1.30. The van der Waals surface area contributed by atoms with Gasteiger partial charge in [0.05, 0.1) is 17.3 Å². The number of thioether (sulfide) groups is 1. The molecule has 136 valence electrons. The minimum atomic E-state index is -2.88. The summed E-state index contributed by atoms with van der Waals surface area (Å²) in [6, 6.07) is 0.137. The smallest absolute Gasteiger partial charge is 0.230 e. The fourth-order valence-corrected chi connectivity index (χ4v) is 5.14. The molecule has 1 fully saturated rings. The molecule has 1 saturated heterocycles. The first-order valence-electron chi connectivity index (χ1n) is 8.19. The second-order valence-corrected chi connectivity index (χ2v) is 9.99. The SMILES string of the molecule is CC(C)[C@@H](C)NC(=O)CSc1nnc(C[C@@H]2CCS(=O)(=O)C2)n1C. The average Bonchev–Trinajstić information content (AvgIpc) is 3.00. The van der Waals surface area contributed by atoms with Crippen molar-refractivity contribution in [2.45, 2.75) is 44.8 Å². The van der Waals surface area contributed by atoms with Gasteiger partial charge in [-0.25, -0.2) is 8.42 Å². The lowest BCUT2D eigenvalue weighted by Gasteiger charge is -2.17. The fraction of sp³-hybridized carbons (Fsp3) is 0.800. The maximum absolute atomic E-state index is 11.9. The molecule has 0 unspecified atom stereocenters. The van der Waals surface area contributed by atoms with Crippen LogP contribution in [0.4, 0.5) is 0 Å². The summed E-state index contributed by atoms with van der Waals surface area (Å²) in [5, 5.41) is 11.9. The normalized spacial score (nSPS) is 21.1. The number of sulfone groups is 1. The van der Waals surface area contributed by atoms with Crippen LogP contribution in [0.2, 0.25) is 0 Å². The molecule has 0 aromatic carbocycles.